The fourth-order valence-electron chi connectivity index (χ4n) is 4.35. The number of hydrogen-bond donors (Lipinski definition) is 0. The molecule has 0 radical (unpaired) electrons. The average Bonchev–Trinajstić information content (AvgIpc) is 3.13. The number of amides is 1. The summed E-state index contributed by atoms with van der Waals surface area (Å²) in [6.07, 6.45) is 2.26. The fourth-order valence-corrected chi connectivity index (χ4v) is 4.35. The van der Waals surface area contributed by atoms with Crippen LogP contribution in [0.2, 0.25) is 0 Å². The molecule has 1 unspecified atom stereocenters. The van der Waals surface area contributed by atoms with Crippen molar-refractivity contribution >= 4 is 16.9 Å². The Morgan fingerprint density at radius 3 is 2.67 bits per heavy atom. The Bertz CT molecular complexity index is 1330. The highest BCUT2D eigenvalue weighted by molar-refractivity contribution is 5.99. The minimum atomic E-state index is -0.733. The lowest BCUT2D eigenvalue weighted by Crippen LogP contribution is -2.31. The van der Waals surface area contributed by atoms with Crippen molar-refractivity contribution in [1.82, 2.24) is 4.90 Å². The molecule has 0 bridgehead atoms. The molecule has 1 aliphatic rings. The predicted molar refractivity (Wildman–Crippen MR) is 134 cm³/mol. The summed E-state index contributed by atoms with van der Waals surface area (Å²) in [4.78, 5) is 28.7. The second kappa shape index (κ2) is 11.0. The quantitative estimate of drug-likeness (QED) is 0.267. The van der Waals surface area contributed by atoms with E-state index in [2.05, 4.69) is 6.58 Å². The van der Waals surface area contributed by atoms with Crippen LogP contribution in [0.3, 0.4) is 0 Å². The van der Waals surface area contributed by atoms with Gasteiger partial charge < -0.3 is 23.5 Å². The number of carbonyl (C=O) groups is 1. The largest absolute Gasteiger partial charge is 0.490 e. The maximum absolute atomic E-state index is 14.0. The van der Waals surface area contributed by atoms with Gasteiger partial charge in [-0.05, 0) is 63.1 Å². The monoisotopic (exact) mass is 495 g/mol. The minimum Gasteiger partial charge on any atom is -0.490 e. The van der Waals surface area contributed by atoms with Gasteiger partial charge in [0.2, 0.25) is 5.76 Å². The van der Waals surface area contributed by atoms with Crippen LogP contribution in [-0.2, 0) is 4.74 Å². The van der Waals surface area contributed by atoms with Gasteiger partial charge in [0.1, 0.15) is 18.0 Å². The average molecular weight is 496 g/mol. The number of halogens is 1. The van der Waals surface area contributed by atoms with Crippen LogP contribution in [0.15, 0.2) is 58.3 Å². The van der Waals surface area contributed by atoms with Crippen LogP contribution >= 0.6 is 0 Å². The highest BCUT2D eigenvalue weighted by Gasteiger charge is 2.42. The number of rotatable bonds is 11. The van der Waals surface area contributed by atoms with Crippen molar-refractivity contribution in [1.29, 1.82) is 0 Å². The van der Waals surface area contributed by atoms with Gasteiger partial charge in [-0.3, -0.25) is 9.59 Å². The van der Waals surface area contributed by atoms with E-state index in [0.29, 0.717) is 49.8 Å². The Morgan fingerprint density at radius 2 is 1.94 bits per heavy atom. The molecule has 36 heavy (non-hydrogen) atoms. The second-order valence-electron chi connectivity index (χ2n) is 8.73. The second-order valence-corrected chi connectivity index (χ2v) is 8.73. The van der Waals surface area contributed by atoms with E-state index in [1.807, 2.05) is 20.8 Å². The van der Waals surface area contributed by atoms with Gasteiger partial charge in [0.15, 0.2) is 16.9 Å². The molecular weight excluding hydrogens is 465 g/mol. The molecule has 3 aromatic rings. The fraction of sp³-hybridized carbons (Fsp3) is 0.357. The molecule has 8 heteroatoms. The lowest BCUT2D eigenvalue weighted by Gasteiger charge is -2.26. The number of hydrogen-bond acceptors (Lipinski definition) is 6. The van der Waals surface area contributed by atoms with Crippen molar-refractivity contribution in [2.75, 3.05) is 26.4 Å². The smallest absolute Gasteiger partial charge is 0.290 e. The minimum absolute atomic E-state index is 0.0289. The summed E-state index contributed by atoms with van der Waals surface area (Å²) in [6, 6.07) is 8.28. The van der Waals surface area contributed by atoms with Gasteiger partial charge in [0.25, 0.3) is 5.91 Å². The Balaban J connectivity index is 1.83. The first kappa shape index (κ1) is 25.4. The van der Waals surface area contributed by atoms with Crippen molar-refractivity contribution in [2.45, 2.75) is 39.3 Å². The van der Waals surface area contributed by atoms with Crippen molar-refractivity contribution < 1.29 is 27.8 Å². The number of benzene rings is 2. The number of carbonyl (C=O) groups excluding carboxylic acids is 1. The molecule has 1 amide bonds. The Labute approximate surface area is 209 Å². The van der Waals surface area contributed by atoms with Crippen LogP contribution in [0, 0.1) is 5.82 Å². The number of fused-ring (bicyclic) bond motifs is 2. The van der Waals surface area contributed by atoms with Crippen LogP contribution in [0.1, 0.15) is 54.9 Å². The summed E-state index contributed by atoms with van der Waals surface area (Å²) in [5, 5.41) is 0.0903. The van der Waals surface area contributed by atoms with E-state index >= 15 is 0 Å². The maximum Gasteiger partial charge on any atom is 0.290 e. The van der Waals surface area contributed by atoms with Gasteiger partial charge in [-0.2, -0.15) is 0 Å². The molecule has 1 atom stereocenters. The first-order chi connectivity index (χ1) is 17.3. The van der Waals surface area contributed by atoms with Gasteiger partial charge in [0, 0.05) is 13.2 Å². The molecule has 0 N–H and O–H groups in total. The van der Waals surface area contributed by atoms with Gasteiger partial charge in [-0.25, -0.2) is 4.39 Å². The summed E-state index contributed by atoms with van der Waals surface area (Å²) < 4.78 is 37.0. The van der Waals surface area contributed by atoms with Gasteiger partial charge in [-0.15, -0.1) is 0 Å². The van der Waals surface area contributed by atoms with E-state index in [-0.39, 0.29) is 28.4 Å². The van der Waals surface area contributed by atoms with Crippen molar-refractivity contribution in [3.8, 4) is 11.5 Å². The highest BCUT2D eigenvalue weighted by atomic mass is 19.1. The topological polar surface area (TPSA) is 78.2 Å². The molecular formula is C28H30FNO6. The van der Waals surface area contributed by atoms with E-state index < -0.39 is 23.2 Å². The molecule has 1 aliphatic heterocycles. The molecule has 0 saturated heterocycles. The van der Waals surface area contributed by atoms with E-state index in [4.69, 9.17) is 18.6 Å². The van der Waals surface area contributed by atoms with Crippen LogP contribution in [0.5, 0.6) is 11.5 Å². The van der Waals surface area contributed by atoms with Crippen molar-refractivity contribution in [3.05, 3.63) is 82.0 Å². The first-order valence-electron chi connectivity index (χ1n) is 12.0. The normalized spacial score (nSPS) is 15.0. The summed E-state index contributed by atoms with van der Waals surface area (Å²) >= 11 is 0. The number of nitrogens with zero attached hydrogens (tertiary/aromatic N) is 1. The van der Waals surface area contributed by atoms with Gasteiger partial charge in [-0.1, -0.05) is 18.7 Å². The van der Waals surface area contributed by atoms with E-state index in [1.54, 1.807) is 29.2 Å². The molecule has 2 heterocycles. The third-order valence-electron chi connectivity index (χ3n) is 5.86. The summed E-state index contributed by atoms with van der Waals surface area (Å²) in [7, 11) is 0. The van der Waals surface area contributed by atoms with Crippen LogP contribution in [0.25, 0.3) is 11.0 Å². The van der Waals surface area contributed by atoms with Crippen LogP contribution < -0.4 is 14.9 Å². The van der Waals surface area contributed by atoms with Gasteiger partial charge >= 0.3 is 0 Å². The lowest BCUT2D eigenvalue weighted by molar-refractivity contribution is 0.0593. The van der Waals surface area contributed by atoms with Crippen molar-refractivity contribution in [3.63, 3.8) is 0 Å². The predicted octanol–water partition coefficient (Wildman–Crippen LogP) is 5.26. The molecule has 0 spiro atoms. The Morgan fingerprint density at radius 1 is 1.14 bits per heavy atom. The SMILES string of the molecule is C=CCOc1ccc(C2c3c(oc4ccc(F)cc4c3=O)C(=O)N2CCCOC(C)C)cc1OCC. The zero-order valence-corrected chi connectivity index (χ0v) is 20.7. The van der Waals surface area contributed by atoms with E-state index in [9.17, 15) is 14.0 Å². The first-order valence-corrected chi connectivity index (χ1v) is 12.0. The van der Waals surface area contributed by atoms with E-state index in [0.717, 1.165) is 6.07 Å². The summed E-state index contributed by atoms with van der Waals surface area (Å²) in [6.45, 7) is 10.9. The summed E-state index contributed by atoms with van der Waals surface area (Å²) in [5.74, 6) is 0.0268. The van der Waals surface area contributed by atoms with Crippen LogP contribution in [-0.4, -0.2) is 43.3 Å². The molecule has 0 fully saturated rings. The Kier molecular flexibility index (Phi) is 7.74. The molecule has 7 nitrogen and oxygen atoms in total. The summed E-state index contributed by atoms with van der Waals surface area (Å²) in [5.41, 5.74) is 0.574. The maximum atomic E-state index is 14.0. The third kappa shape index (κ3) is 4.99. The standard InChI is InChI=1S/C28H30FNO6/c1-5-13-35-22-10-8-18(15-23(22)33-6-2)25-24-26(31)20-16-19(29)9-11-21(20)36-27(24)28(32)30(25)12-7-14-34-17(3)4/h5,8-11,15-17,25H,1,6-7,12-14H2,2-4H3. The Hall–Kier alpha value is -3.65. The lowest BCUT2D eigenvalue weighted by atomic mass is 9.98. The highest BCUT2D eigenvalue weighted by Crippen LogP contribution is 2.41. The number of ether oxygens (including phenoxy) is 3. The van der Waals surface area contributed by atoms with E-state index in [1.165, 1.54) is 12.1 Å². The zero-order chi connectivity index (χ0) is 25.8. The molecule has 0 aliphatic carbocycles. The third-order valence-corrected chi connectivity index (χ3v) is 5.86. The molecule has 190 valence electrons. The zero-order valence-electron chi connectivity index (χ0n) is 20.7. The van der Waals surface area contributed by atoms with Crippen LogP contribution in [0.4, 0.5) is 4.39 Å². The van der Waals surface area contributed by atoms with Gasteiger partial charge in [0.05, 0.1) is 29.7 Å². The molecule has 2 aromatic carbocycles. The molecule has 0 saturated carbocycles. The van der Waals surface area contributed by atoms with Crippen molar-refractivity contribution in [2.24, 2.45) is 0 Å². The molecule has 1 aromatic heterocycles. The molecule has 4 rings (SSSR count).